The van der Waals surface area contributed by atoms with Gasteiger partial charge in [0, 0.05) is 30.9 Å². The molecule has 1 unspecified atom stereocenters. The number of carbonyl (C=O) groups is 1. The predicted molar refractivity (Wildman–Crippen MR) is 104 cm³/mol. The van der Waals surface area contributed by atoms with Crippen molar-refractivity contribution in [1.82, 2.24) is 9.88 Å². The Kier molecular flexibility index (Phi) is 7.60. The molecular weight excluding hydrogens is 381 g/mol. The number of hydrogen-bond donors (Lipinski definition) is 2. The molecule has 1 fully saturated rings. The fraction of sp³-hybridized carbons (Fsp3) is 0.250. The zero-order valence-electron chi connectivity index (χ0n) is 13.7. The van der Waals surface area contributed by atoms with E-state index in [1.807, 2.05) is 0 Å². The van der Waals surface area contributed by atoms with E-state index in [9.17, 15) is 14.9 Å². The van der Waals surface area contributed by atoms with Crippen LogP contribution in [0.25, 0.3) is 0 Å². The van der Waals surface area contributed by atoms with E-state index in [1.165, 1.54) is 12.3 Å². The number of aromatic nitrogens is 1. The molecule has 1 saturated heterocycles. The third-order valence-corrected chi connectivity index (χ3v) is 3.98. The first kappa shape index (κ1) is 21.5. The minimum absolute atomic E-state index is 0. The molecule has 1 aromatic carbocycles. The Morgan fingerprint density at radius 2 is 2.00 bits per heavy atom. The minimum Gasteiger partial charge on any atom is -0.398 e. The second kappa shape index (κ2) is 9.21. The highest BCUT2D eigenvalue weighted by Crippen LogP contribution is 2.20. The Morgan fingerprint density at radius 3 is 2.62 bits per heavy atom. The standard InChI is InChI=1S/C16H17N5O3.2ClH/c17-14-4-2-1-3-13(14)16(22)20-8-7-11(10-20)19-15-6-5-12(9-18-15)21(23)24;;/h1-6,9,11H,7-8,10,17H2,(H,18,19);2*1H. The number of nitrogens with zero attached hydrogens (tertiary/aromatic N) is 3. The highest BCUT2D eigenvalue weighted by molar-refractivity contribution is 5.99. The number of rotatable bonds is 4. The van der Waals surface area contributed by atoms with Gasteiger partial charge in [0.15, 0.2) is 0 Å². The molecular formula is C16H19Cl2N5O3. The molecule has 1 atom stereocenters. The molecule has 0 aliphatic carbocycles. The van der Waals surface area contributed by atoms with Crippen molar-refractivity contribution in [2.24, 2.45) is 0 Å². The van der Waals surface area contributed by atoms with Crippen molar-refractivity contribution in [2.45, 2.75) is 12.5 Å². The molecule has 2 aromatic rings. The van der Waals surface area contributed by atoms with Gasteiger partial charge in [0.1, 0.15) is 12.0 Å². The van der Waals surface area contributed by atoms with Crippen LogP contribution in [-0.4, -0.2) is 39.8 Å². The molecule has 8 nitrogen and oxygen atoms in total. The Balaban J connectivity index is 0.00000169. The number of pyridine rings is 1. The molecule has 140 valence electrons. The van der Waals surface area contributed by atoms with E-state index in [4.69, 9.17) is 5.73 Å². The Labute approximate surface area is 162 Å². The van der Waals surface area contributed by atoms with Crippen LogP contribution in [0.2, 0.25) is 0 Å². The summed E-state index contributed by atoms with van der Waals surface area (Å²) < 4.78 is 0. The Morgan fingerprint density at radius 1 is 1.27 bits per heavy atom. The van der Waals surface area contributed by atoms with E-state index in [2.05, 4.69) is 10.3 Å². The second-order valence-corrected chi connectivity index (χ2v) is 5.63. The summed E-state index contributed by atoms with van der Waals surface area (Å²) >= 11 is 0. The van der Waals surface area contributed by atoms with E-state index < -0.39 is 4.92 Å². The maximum absolute atomic E-state index is 12.5. The van der Waals surface area contributed by atoms with Crippen LogP contribution < -0.4 is 11.1 Å². The zero-order chi connectivity index (χ0) is 17.1. The predicted octanol–water partition coefficient (Wildman–Crippen LogP) is 2.74. The van der Waals surface area contributed by atoms with Crippen LogP contribution in [-0.2, 0) is 0 Å². The number of benzene rings is 1. The zero-order valence-corrected chi connectivity index (χ0v) is 15.3. The summed E-state index contributed by atoms with van der Waals surface area (Å²) in [7, 11) is 0. The van der Waals surface area contributed by atoms with Crippen molar-refractivity contribution in [2.75, 3.05) is 24.1 Å². The SMILES string of the molecule is Cl.Cl.Nc1ccccc1C(=O)N1CCC(Nc2ccc([N+](=O)[O-])cn2)C1. The van der Waals surface area contributed by atoms with Gasteiger partial charge in [0.2, 0.25) is 0 Å². The average Bonchev–Trinajstić information content (AvgIpc) is 3.04. The highest BCUT2D eigenvalue weighted by atomic mass is 35.5. The molecule has 2 heterocycles. The van der Waals surface area contributed by atoms with E-state index in [1.54, 1.807) is 35.2 Å². The van der Waals surface area contributed by atoms with E-state index in [-0.39, 0.29) is 42.5 Å². The smallest absolute Gasteiger partial charge is 0.287 e. The number of likely N-dealkylation sites (tertiary alicyclic amines) is 1. The molecule has 0 bridgehead atoms. The number of nitro groups is 1. The number of hydrogen-bond acceptors (Lipinski definition) is 6. The Hall–Kier alpha value is -2.58. The van der Waals surface area contributed by atoms with Crippen molar-refractivity contribution in [3.63, 3.8) is 0 Å². The summed E-state index contributed by atoms with van der Waals surface area (Å²) in [6.07, 6.45) is 1.99. The molecule has 1 aliphatic rings. The van der Waals surface area contributed by atoms with Crippen LogP contribution in [0.3, 0.4) is 0 Å². The average molecular weight is 400 g/mol. The van der Waals surface area contributed by atoms with Crippen LogP contribution in [0.1, 0.15) is 16.8 Å². The number of anilines is 2. The first-order valence-electron chi connectivity index (χ1n) is 7.55. The number of nitrogens with two attached hydrogens (primary N) is 1. The number of halogens is 2. The molecule has 0 radical (unpaired) electrons. The van der Waals surface area contributed by atoms with Gasteiger partial charge in [-0.3, -0.25) is 14.9 Å². The molecule has 3 rings (SSSR count). The van der Waals surface area contributed by atoms with Crippen LogP contribution >= 0.6 is 24.8 Å². The number of nitrogens with one attached hydrogen (secondary N) is 1. The maximum Gasteiger partial charge on any atom is 0.287 e. The van der Waals surface area contributed by atoms with Gasteiger partial charge in [-0.05, 0) is 24.6 Å². The first-order valence-corrected chi connectivity index (χ1v) is 7.55. The second-order valence-electron chi connectivity index (χ2n) is 5.63. The lowest BCUT2D eigenvalue weighted by Gasteiger charge is -2.18. The minimum atomic E-state index is -0.489. The number of nitrogen functional groups attached to an aromatic ring is 1. The van der Waals surface area contributed by atoms with Gasteiger partial charge in [0.05, 0.1) is 10.5 Å². The molecule has 26 heavy (non-hydrogen) atoms. The van der Waals surface area contributed by atoms with Crippen LogP contribution in [0.15, 0.2) is 42.6 Å². The fourth-order valence-corrected chi connectivity index (χ4v) is 2.71. The van der Waals surface area contributed by atoms with Gasteiger partial charge in [-0.25, -0.2) is 4.98 Å². The van der Waals surface area contributed by atoms with Crippen LogP contribution in [0, 0.1) is 10.1 Å². The van der Waals surface area contributed by atoms with Crippen LogP contribution in [0.4, 0.5) is 17.2 Å². The summed E-state index contributed by atoms with van der Waals surface area (Å²) in [6.45, 7) is 1.16. The van der Waals surface area contributed by atoms with Gasteiger partial charge < -0.3 is 16.0 Å². The third-order valence-electron chi connectivity index (χ3n) is 3.98. The lowest BCUT2D eigenvalue weighted by Crippen LogP contribution is -2.32. The summed E-state index contributed by atoms with van der Waals surface area (Å²) in [5, 5.41) is 13.8. The number of amides is 1. The number of para-hydroxylation sites is 1. The lowest BCUT2D eigenvalue weighted by atomic mass is 10.1. The lowest BCUT2D eigenvalue weighted by molar-refractivity contribution is -0.385. The van der Waals surface area contributed by atoms with Gasteiger partial charge in [0.25, 0.3) is 11.6 Å². The molecule has 3 N–H and O–H groups in total. The van der Waals surface area contributed by atoms with Crippen molar-refractivity contribution in [3.05, 3.63) is 58.3 Å². The normalized spacial score (nSPS) is 15.5. The summed E-state index contributed by atoms with van der Waals surface area (Å²) in [5.41, 5.74) is 6.78. The maximum atomic E-state index is 12.5. The van der Waals surface area contributed by atoms with Gasteiger partial charge in [-0.2, -0.15) is 0 Å². The van der Waals surface area contributed by atoms with E-state index in [0.717, 1.165) is 6.42 Å². The quantitative estimate of drug-likeness (QED) is 0.463. The highest BCUT2D eigenvalue weighted by Gasteiger charge is 2.28. The topological polar surface area (TPSA) is 114 Å². The van der Waals surface area contributed by atoms with Crippen molar-refractivity contribution >= 4 is 47.9 Å². The summed E-state index contributed by atoms with van der Waals surface area (Å²) in [6, 6.07) is 10.0. The third kappa shape index (κ3) is 4.74. The molecule has 0 saturated carbocycles. The van der Waals surface area contributed by atoms with Crippen molar-refractivity contribution < 1.29 is 9.72 Å². The van der Waals surface area contributed by atoms with E-state index in [0.29, 0.717) is 30.2 Å². The Bertz CT molecular complexity index is 773. The molecule has 10 heteroatoms. The van der Waals surface area contributed by atoms with Crippen molar-refractivity contribution in [3.8, 4) is 0 Å². The van der Waals surface area contributed by atoms with Gasteiger partial charge in [-0.1, -0.05) is 12.1 Å². The molecule has 1 aromatic heterocycles. The first-order chi connectivity index (χ1) is 11.5. The molecule has 1 aliphatic heterocycles. The fourth-order valence-electron chi connectivity index (χ4n) is 2.71. The van der Waals surface area contributed by atoms with Gasteiger partial charge in [-0.15, -0.1) is 24.8 Å². The van der Waals surface area contributed by atoms with Crippen molar-refractivity contribution in [1.29, 1.82) is 0 Å². The summed E-state index contributed by atoms with van der Waals surface area (Å²) in [4.78, 5) is 28.4. The monoisotopic (exact) mass is 399 g/mol. The summed E-state index contributed by atoms with van der Waals surface area (Å²) in [5.74, 6) is 0.466. The largest absolute Gasteiger partial charge is 0.398 e. The van der Waals surface area contributed by atoms with E-state index >= 15 is 0 Å². The molecule has 1 amide bonds. The number of carbonyl (C=O) groups excluding carboxylic acids is 1. The molecule has 0 spiro atoms. The van der Waals surface area contributed by atoms with Crippen LogP contribution in [0.5, 0.6) is 0 Å². The van der Waals surface area contributed by atoms with Gasteiger partial charge >= 0.3 is 0 Å².